The molecule has 2 fully saturated rings. The monoisotopic (exact) mass is 523 g/mol. The van der Waals surface area contributed by atoms with Crippen LogP contribution in [0, 0.1) is 12.8 Å². The lowest BCUT2D eigenvalue weighted by Crippen LogP contribution is -2.52. The van der Waals surface area contributed by atoms with Crippen LogP contribution in [0.15, 0.2) is 59.5 Å². The molecule has 0 radical (unpaired) electrons. The van der Waals surface area contributed by atoms with E-state index in [9.17, 15) is 18.0 Å². The van der Waals surface area contributed by atoms with Gasteiger partial charge in [-0.05, 0) is 63.7 Å². The zero-order chi connectivity index (χ0) is 26.2. The van der Waals surface area contributed by atoms with Gasteiger partial charge >= 0.3 is 0 Å². The second-order valence-electron chi connectivity index (χ2n) is 10.2. The van der Waals surface area contributed by atoms with Crippen LogP contribution < -0.4 is 10.6 Å². The Balaban J connectivity index is 1.38. The molecule has 0 spiro atoms. The Kier molecular flexibility index (Phi) is 7.06. The second kappa shape index (κ2) is 10.3. The predicted octanol–water partition coefficient (Wildman–Crippen LogP) is 2.11. The standard InChI is InChI=1S/C27H33N5O4S/c1-18-10-11-23-19(13-18)14-24(29-23)27(34)30-25-17-32(37(35,36)21-8-4-3-5-9-21)16-22(25)26(33)28-20-7-6-12-31(2)15-20/h3-5,8-11,13-14,20,22,25,29H,6-7,12,15-17H2,1-2H3,(H,28,33)(H,30,34)/t20-,22-,25-/m0/s1. The van der Waals surface area contributed by atoms with Gasteiger partial charge in [-0.3, -0.25) is 9.59 Å². The SMILES string of the molecule is Cc1ccc2[nH]c(C(=O)N[C@H]3CN(S(=O)(=O)c4ccccc4)C[C@@H]3C(=O)N[C@H]3CCCN(C)C3)cc2c1. The van der Waals surface area contributed by atoms with Crippen LogP contribution in [0.3, 0.4) is 0 Å². The van der Waals surface area contributed by atoms with Crippen molar-refractivity contribution in [3.8, 4) is 0 Å². The second-order valence-corrected chi connectivity index (χ2v) is 12.1. The van der Waals surface area contributed by atoms with Crippen molar-refractivity contribution in [1.82, 2.24) is 24.8 Å². The van der Waals surface area contributed by atoms with Gasteiger partial charge in [-0.1, -0.05) is 29.8 Å². The zero-order valence-corrected chi connectivity index (χ0v) is 21.9. The van der Waals surface area contributed by atoms with Crippen molar-refractivity contribution < 1.29 is 18.0 Å². The molecule has 3 N–H and O–H groups in total. The Morgan fingerprint density at radius 2 is 1.78 bits per heavy atom. The Morgan fingerprint density at radius 3 is 2.54 bits per heavy atom. The van der Waals surface area contributed by atoms with Crippen LogP contribution in [-0.2, 0) is 14.8 Å². The van der Waals surface area contributed by atoms with Gasteiger partial charge in [-0.2, -0.15) is 4.31 Å². The number of hydrogen-bond acceptors (Lipinski definition) is 5. The lowest BCUT2D eigenvalue weighted by Gasteiger charge is -2.31. The lowest BCUT2D eigenvalue weighted by atomic mass is 10.00. The van der Waals surface area contributed by atoms with Crippen molar-refractivity contribution in [2.24, 2.45) is 5.92 Å². The first-order valence-electron chi connectivity index (χ1n) is 12.6. The third-order valence-electron chi connectivity index (χ3n) is 7.31. The fraction of sp³-hybridized carbons (Fsp3) is 0.407. The van der Waals surface area contributed by atoms with Crippen LogP contribution in [-0.4, -0.2) is 79.7 Å². The molecule has 3 atom stereocenters. The van der Waals surface area contributed by atoms with Gasteiger partial charge in [0.05, 0.1) is 16.9 Å². The molecule has 2 aliphatic heterocycles. The Bertz CT molecular complexity index is 1400. The van der Waals surface area contributed by atoms with Crippen molar-refractivity contribution in [1.29, 1.82) is 0 Å². The molecular weight excluding hydrogens is 490 g/mol. The number of hydrogen-bond donors (Lipinski definition) is 3. The van der Waals surface area contributed by atoms with Gasteiger partial charge in [0.2, 0.25) is 15.9 Å². The van der Waals surface area contributed by atoms with Crippen LogP contribution in [0.25, 0.3) is 10.9 Å². The number of rotatable bonds is 6. The van der Waals surface area contributed by atoms with Gasteiger partial charge in [-0.25, -0.2) is 8.42 Å². The van der Waals surface area contributed by atoms with E-state index in [0.29, 0.717) is 5.69 Å². The Morgan fingerprint density at radius 1 is 1.00 bits per heavy atom. The van der Waals surface area contributed by atoms with E-state index >= 15 is 0 Å². The average molecular weight is 524 g/mol. The molecule has 37 heavy (non-hydrogen) atoms. The van der Waals surface area contributed by atoms with Crippen LogP contribution >= 0.6 is 0 Å². The summed E-state index contributed by atoms with van der Waals surface area (Å²) >= 11 is 0. The Labute approximate surface area is 217 Å². The molecule has 2 saturated heterocycles. The normalized spacial score (nSPS) is 23.2. The first-order valence-corrected chi connectivity index (χ1v) is 14.1. The van der Waals surface area contributed by atoms with Gasteiger partial charge in [0.25, 0.3) is 5.91 Å². The number of piperidine rings is 1. The topological polar surface area (TPSA) is 115 Å². The van der Waals surface area contributed by atoms with Crippen molar-refractivity contribution in [3.63, 3.8) is 0 Å². The van der Waals surface area contributed by atoms with E-state index in [2.05, 4.69) is 20.5 Å². The number of aromatic amines is 1. The number of likely N-dealkylation sites (tertiary alicyclic amines) is 1. The minimum absolute atomic E-state index is 0.000622. The number of carbonyl (C=O) groups excluding carboxylic acids is 2. The Hall–Kier alpha value is -3.21. The maximum absolute atomic E-state index is 13.4. The summed E-state index contributed by atoms with van der Waals surface area (Å²) in [4.78, 5) is 32.1. The summed E-state index contributed by atoms with van der Waals surface area (Å²) in [6, 6.07) is 15.2. The van der Waals surface area contributed by atoms with Gasteiger partial charge in [0.1, 0.15) is 5.69 Å². The number of aromatic nitrogens is 1. The summed E-state index contributed by atoms with van der Waals surface area (Å²) in [6.45, 7) is 3.74. The molecule has 1 aromatic heterocycles. The van der Waals surface area contributed by atoms with Gasteiger partial charge in [0.15, 0.2) is 0 Å². The summed E-state index contributed by atoms with van der Waals surface area (Å²) in [5, 5.41) is 6.98. The van der Waals surface area contributed by atoms with E-state index in [1.165, 1.54) is 4.31 Å². The van der Waals surface area contributed by atoms with Crippen LogP contribution in [0.4, 0.5) is 0 Å². The number of sulfonamides is 1. The van der Waals surface area contributed by atoms with Gasteiger partial charge in [-0.15, -0.1) is 0 Å². The molecule has 0 aliphatic carbocycles. The number of likely N-dealkylation sites (N-methyl/N-ethyl adjacent to an activating group) is 1. The number of H-pyrrole nitrogens is 1. The van der Waals surface area contributed by atoms with E-state index in [0.717, 1.165) is 42.4 Å². The average Bonchev–Trinajstić information content (AvgIpc) is 3.49. The third kappa shape index (κ3) is 5.41. The molecule has 2 aliphatic rings. The number of benzene rings is 2. The first-order chi connectivity index (χ1) is 17.7. The number of nitrogens with one attached hydrogen (secondary N) is 3. The first kappa shape index (κ1) is 25.4. The molecule has 196 valence electrons. The van der Waals surface area contributed by atoms with Crippen molar-refractivity contribution >= 4 is 32.7 Å². The van der Waals surface area contributed by atoms with Crippen LogP contribution in [0.1, 0.15) is 28.9 Å². The quantitative estimate of drug-likeness (QED) is 0.458. The highest BCUT2D eigenvalue weighted by molar-refractivity contribution is 7.89. The number of carbonyl (C=O) groups is 2. The van der Waals surface area contributed by atoms with Gasteiger partial charge < -0.3 is 20.5 Å². The molecule has 3 heterocycles. The van der Waals surface area contributed by atoms with E-state index in [1.807, 2.05) is 32.2 Å². The summed E-state index contributed by atoms with van der Waals surface area (Å²) < 4.78 is 28.0. The molecule has 10 heteroatoms. The summed E-state index contributed by atoms with van der Waals surface area (Å²) in [7, 11) is -1.80. The van der Waals surface area contributed by atoms with Crippen LogP contribution in [0.2, 0.25) is 0 Å². The molecule has 2 amide bonds. The highest BCUT2D eigenvalue weighted by Crippen LogP contribution is 2.26. The highest BCUT2D eigenvalue weighted by Gasteiger charge is 2.44. The van der Waals surface area contributed by atoms with Crippen molar-refractivity contribution in [2.75, 3.05) is 33.2 Å². The minimum atomic E-state index is -3.82. The third-order valence-corrected chi connectivity index (χ3v) is 9.16. The number of fused-ring (bicyclic) bond motifs is 1. The zero-order valence-electron chi connectivity index (χ0n) is 21.1. The maximum atomic E-state index is 13.4. The molecule has 0 bridgehead atoms. The van der Waals surface area contributed by atoms with E-state index in [4.69, 9.17) is 0 Å². The van der Waals surface area contributed by atoms with E-state index in [1.54, 1.807) is 36.4 Å². The molecule has 5 rings (SSSR count). The lowest BCUT2D eigenvalue weighted by molar-refractivity contribution is -0.126. The van der Waals surface area contributed by atoms with Crippen molar-refractivity contribution in [3.05, 3.63) is 65.9 Å². The number of aryl methyl sites for hydroxylation is 1. The summed E-state index contributed by atoms with van der Waals surface area (Å²) in [5.74, 6) is -1.31. The van der Waals surface area contributed by atoms with Crippen LogP contribution in [0.5, 0.6) is 0 Å². The molecule has 0 saturated carbocycles. The molecule has 2 aromatic carbocycles. The number of amides is 2. The van der Waals surface area contributed by atoms with Gasteiger partial charge in [0, 0.05) is 36.6 Å². The molecule has 3 aromatic rings. The fourth-order valence-corrected chi connectivity index (χ4v) is 6.84. The fourth-order valence-electron chi connectivity index (χ4n) is 5.33. The van der Waals surface area contributed by atoms with Crippen molar-refractivity contribution in [2.45, 2.75) is 36.7 Å². The number of nitrogens with zero attached hydrogens (tertiary/aromatic N) is 2. The minimum Gasteiger partial charge on any atom is -0.352 e. The van der Waals surface area contributed by atoms with E-state index in [-0.39, 0.29) is 35.8 Å². The smallest absolute Gasteiger partial charge is 0.268 e. The molecule has 0 unspecified atom stereocenters. The summed E-state index contributed by atoms with van der Waals surface area (Å²) in [5.41, 5.74) is 2.30. The molecular formula is C27H33N5O4S. The summed E-state index contributed by atoms with van der Waals surface area (Å²) in [6.07, 6.45) is 1.86. The maximum Gasteiger partial charge on any atom is 0.268 e. The predicted molar refractivity (Wildman–Crippen MR) is 142 cm³/mol. The largest absolute Gasteiger partial charge is 0.352 e. The highest BCUT2D eigenvalue weighted by atomic mass is 32.2. The molecule has 9 nitrogen and oxygen atoms in total. The van der Waals surface area contributed by atoms with E-state index < -0.39 is 22.0 Å².